The van der Waals surface area contributed by atoms with E-state index in [1.807, 2.05) is 84.4 Å². The maximum atomic E-state index is 13.6. The number of nitrogens with zero attached hydrogens (tertiary/aromatic N) is 3. The first-order valence-corrected chi connectivity index (χ1v) is 10.6. The number of hydrogen-bond acceptors (Lipinski definition) is 3. The Balaban J connectivity index is 2.04. The van der Waals surface area contributed by atoms with Crippen LogP contribution in [0.1, 0.15) is 0 Å². The van der Waals surface area contributed by atoms with Gasteiger partial charge in [-0.3, -0.25) is 4.31 Å². The van der Waals surface area contributed by atoms with Crippen LogP contribution < -0.4 is 9.66 Å². The molecule has 1 heterocycles. The van der Waals surface area contributed by atoms with E-state index in [-0.39, 0.29) is 4.90 Å². The summed E-state index contributed by atoms with van der Waals surface area (Å²) in [4.78, 5) is 4.89. The molecule has 0 saturated heterocycles. The van der Waals surface area contributed by atoms with Gasteiger partial charge in [-0.05, 0) is 30.3 Å². The van der Waals surface area contributed by atoms with Crippen LogP contribution in [-0.4, -0.2) is 20.0 Å². The number of para-hydroxylation sites is 3. The highest BCUT2D eigenvalue weighted by molar-refractivity contribution is 7.92. The largest absolute Gasteiger partial charge is 0.349 e. The standard InChI is InChI=1S/C23H21N3O2S/c1-25-17-22(29(27,28)26(2)19-13-7-4-8-14-19)23(20-15-9-10-16-21(20)25)24-18-11-5-3-6-12-18/h3-17H,1-2H3. The van der Waals surface area contributed by atoms with Gasteiger partial charge in [-0.2, -0.15) is 0 Å². The molecule has 0 unspecified atom stereocenters. The number of hydrogen-bond donors (Lipinski definition) is 0. The molecule has 0 amide bonds. The quantitative estimate of drug-likeness (QED) is 0.512. The van der Waals surface area contributed by atoms with Crippen molar-refractivity contribution >= 4 is 32.3 Å². The Labute approximate surface area is 170 Å². The molecule has 6 heteroatoms. The second kappa shape index (κ2) is 7.56. The second-order valence-corrected chi connectivity index (χ2v) is 8.66. The molecule has 0 aliphatic heterocycles. The molecule has 3 aromatic carbocycles. The summed E-state index contributed by atoms with van der Waals surface area (Å²) < 4.78 is 30.3. The van der Waals surface area contributed by atoms with E-state index in [9.17, 15) is 8.42 Å². The molecule has 0 radical (unpaired) electrons. The molecule has 0 N–H and O–H groups in total. The van der Waals surface area contributed by atoms with Crippen LogP contribution in [0.3, 0.4) is 0 Å². The van der Waals surface area contributed by atoms with Crippen LogP contribution in [0, 0.1) is 0 Å². The molecule has 0 aliphatic carbocycles. The minimum atomic E-state index is -3.84. The molecule has 5 nitrogen and oxygen atoms in total. The molecule has 4 aromatic rings. The summed E-state index contributed by atoms with van der Waals surface area (Å²) >= 11 is 0. The fourth-order valence-corrected chi connectivity index (χ4v) is 4.67. The summed E-state index contributed by atoms with van der Waals surface area (Å²) in [5.74, 6) is 0. The lowest BCUT2D eigenvalue weighted by Crippen LogP contribution is -2.31. The van der Waals surface area contributed by atoms with Gasteiger partial charge in [0.1, 0.15) is 4.90 Å². The zero-order valence-electron chi connectivity index (χ0n) is 16.2. The minimum Gasteiger partial charge on any atom is -0.349 e. The van der Waals surface area contributed by atoms with Gasteiger partial charge >= 0.3 is 0 Å². The first kappa shape index (κ1) is 19.0. The highest BCUT2D eigenvalue weighted by Crippen LogP contribution is 2.22. The molecular weight excluding hydrogens is 382 g/mol. The molecule has 4 rings (SSSR count). The third-order valence-electron chi connectivity index (χ3n) is 4.84. The van der Waals surface area contributed by atoms with E-state index < -0.39 is 10.0 Å². The van der Waals surface area contributed by atoms with Gasteiger partial charge in [-0.25, -0.2) is 13.4 Å². The predicted molar refractivity (Wildman–Crippen MR) is 117 cm³/mol. The first-order chi connectivity index (χ1) is 14.0. The van der Waals surface area contributed by atoms with Gasteiger partial charge in [-0.15, -0.1) is 0 Å². The van der Waals surface area contributed by atoms with Crippen LogP contribution in [0.5, 0.6) is 0 Å². The van der Waals surface area contributed by atoms with Crippen molar-refractivity contribution in [3.8, 4) is 0 Å². The monoisotopic (exact) mass is 403 g/mol. The van der Waals surface area contributed by atoms with Crippen LogP contribution in [0.25, 0.3) is 10.9 Å². The maximum Gasteiger partial charge on any atom is 0.267 e. The van der Waals surface area contributed by atoms with E-state index in [4.69, 9.17) is 4.99 Å². The molecule has 29 heavy (non-hydrogen) atoms. The van der Waals surface area contributed by atoms with Crippen molar-refractivity contribution in [2.75, 3.05) is 11.4 Å². The van der Waals surface area contributed by atoms with Crippen molar-refractivity contribution in [2.45, 2.75) is 4.90 Å². The molecular formula is C23H21N3O2S. The molecule has 0 spiro atoms. The van der Waals surface area contributed by atoms with Crippen molar-refractivity contribution in [1.82, 2.24) is 4.57 Å². The van der Waals surface area contributed by atoms with Crippen LogP contribution in [0.4, 0.5) is 11.4 Å². The summed E-state index contributed by atoms with van der Waals surface area (Å²) in [5.41, 5.74) is 2.20. The lowest BCUT2D eigenvalue weighted by molar-refractivity contribution is 0.592. The van der Waals surface area contributed by atoms with Gasteiger partial charge in [0, 0.05) is 31.2 Å². The lowest BCUT2D eigenvalue weighted by Gasteiger charge is -2.21. The first-order valence-electron chi connectivity index (χ1n) is 9.20. The van der Waals surface area contributed by atoms with Gasteiger partial charge in [0.05, 0.1) is 16.7 Å². The molecule has 0 atom stereocenters. The summed E-state index contributed by atoms with van der Waals surface area (Å²) in [6.45, 7) is 0. The molecule has 0 bridgehead atoms. The molecule has 0 saturated carbocycles. The maximum absolute atomic E-state index is 13.6. The molecule has 0 aliphatic rings. The van der Waals surface area contributed by atoms with Crippen molar-refractivity contribution in [2.24, 2.45) is 12.0 Å². The Morgan fingerprint density at radius 1 is 0.828 bits per heavy atom. The number of sulfonamides is 1. The van der Waals surface area contributed by atoms with Gasteiger partial charge in [-0.1, -0.05) is 54.6 Å². The number of aromatic nitrogens is 1. The fraction of sp³-hybridized carbons (Fsp3) is 0.0870. The Hall–Kier alpha value is -3.38. The molecule has 146 valence electrons. The lowest BCUT2D eigenvalue weighted by atomic mass is 10.2. The van der Waals surface area contributed by atoms with Crippen LogP contribution in [-0.2, 0) is 17.1 Å². The Bertz CT molecular complexity index is 1330. The van der Waals surface area contributed by atoms with E-state index >= 15 is 0 Å². The summed E-state index contributed by atoms with van der Waals surface area (Å²) in [6, 6.07) is 26.1. The van der Waals surface area contributed by atoms with Crippen molar-refractivity contribution in [3.05, 3.63) is 96.5 Å². The van der Waals surface area contributed by atoms with E-state index in [1.165, 1.54) is 4.31 Å². The van der Waals surface area contributed by atoms with Crippen LogP contribution in [0.15, 0.2) is 101 Å². The van der Waals surface area contributed by atoms with Crippen molar-refractivity contribution < 1.29 is 8.42 Å². The number of rotatable bonds is 4. The van der Waals surface area contributed by atoms with Gasteiger partial charge in [0.25, 0.3) is 10.0 Å². The molecule has 0 fully saturated rings. The smallest absolute Gasteiger partial charge is 0.267 e. The number of pyridine rings is 1. The third kappa shape index (κ3) is 3.54. The van der Waals surface area contributed by atoms with Gasteiger partial charge < -0.3 is 4.57 Å². The Kier molecular flexibility index (Phi) is 4.94. The normalized spacial score (nSPS) is 12.3. The van der Waals surface area contributed by atoms with Crippen molar-refractivity contribution in [3.63, 3.8) is 0 Å². The summed E-state index contributed by atoms with van der Waals surface area (Å²) in [7, 11) is -0.433. The average molecular weight is 404 g/mol. The van der Waals surface area contributed by atoms with E-state index in [2.05, 4.69) is 0 Å². The predicted octanol–water partition coefficient (Wildman–Crippen LogP) is 4.24. The zero-order chi connectivity index (χ0) is 20.4. The van der Waals surface area contributed by atoms with Crippen LogP contribution in [0.2, 0.25) is 0 Å². The highest BCUT2D eigenvalue weighted by atomic mass is 32.2. The van der Waals surface area contributed by atoms with Crippen molar-refractivity contribution in [1.29, 1.82) is 0 Å². The number of anilines is 1. The second-order valence-electron chi connectivity index (χ2n) is 6.73. The van der Waals surface area contributed by atoms with Gasteiger partial charge in [0.15, 0.2) is 0 Å². The van der Waals surface area contributed by atoms with E-state index in [1.54, 1.807) is 25.4 Å². The van der Waals surface area contributed by atoms with Crippen LogP contribution >= 0.6 is 0 Å². The fourth-order valence-electron chi connectivity index (χ4n) is 3.28. The Morgan fingerprint density at radius 3 is 2.10 bits per heavy atom. The number of fused-ring (bicyclic) bond motifs is 1. The average Bonchev–Trinajstić information content (AvgIpc) is 2.76. The number of aryl methyl sites for hydroxylation is 1. The minimum absolute atomic E-state index is 0.161. The third-order valence-corrected chi connectivity index (χ3v) is 6.63. The topological polar surface area (TPSA) is 54.7 Å². The zero-order valence-corrected chi connectivity index (χ0v) is 17.0. The summed E-state index contributed by atoms with van der Waals surface area (Å²) in [5, 5.41) is 1.22. The van der Waals surface area contributed by atoms with Gasteiger partial charge in [0.2, 0.25) is 0 Å². The van der Waals surface area contributed by atoms with E-state index in [0.29, 0.717) is 16.7 Å². The van der Waals surface area contributed by atoms with E-state index in [0.717, 1.165) is 10.9 Å². The SMILES string of the molecule is CN(c1ccccc1)S(=O)(=O)c1cn(C)c2ccccc2c1=Nc1ccccc1. The summed E-state index contributed by atoms with van der Waals surface area (Å²) in [6.07, 6.45) is 1.64. The Morgan fingerprint density at radius 2 is 1.41 bits per heavy atom. The molecule has 1 aromatic heterocycles. The number of benzene rings is 3. The highest BCUT2D eigenvalue weighted by Gasteiger charge is 2.25.